The van der Waals surface area contributed by atoms with E-state index in [2.05, 4.69) is 0 Å². The van der Waals surface area contributed by atoms with E-state index in [9.17, 15) is 9.59 Å². The summed E-state index contributed by atoms with van der Waals surface area (Å²) in [6.45, 7) is 3.96. The quantitative estimate of drug-likeness (QED) is 0.772. The second-order valence-electron chi connectivity index (χ2n) is 4.50. The van der Waals surface area contributed by atoms with Crippen LogP contribution < -0.4 is 5.73 Å². The molecule has 1 rings (SSSR count). The molecule has 2 N–H and O–H groups in total. The molecule has 0 unspecified atom stereocenters. The van der Waals surface area contributed by atoms with Crippen molar-refractivity contribution in [1.29, 1.82) is 0 Å². The first-order valence-corrected chi connectivity index (χ1v) is 6.44. The predicted octanol–water partition coefficient (Wildman–Crippen LogP) is 1.18. The normalized spacial score (nSPS) is 20.9. The monoisotopic (exact) mass is 254 g/mol. The van der Waals surface area contributed by atoms with Gasteiger partial charge in [-0.15, -0.1) is 0 Å². The van der Waals surface area contributed by atoms with Gasteiger partial charge in [0.1, 0.15) is 5.76 Å². The van der Waals surface area contributed by atoms with Crippen molar-refractivity contribution in [2.45, 2.75) is 51.6 Å². The van der Waals surface area contributed by atoms with Crippen LogP contribution in [0.1, 0.15) is 39.5 Å². The molecule has 5 nitrogen and oxygen atoms in total. The number of hydrogen-bond donors (Lipinski definition) is 1. The Morgan fingerprint density at radius 2 is 2.17 bits per heavy atom. The lowest BCUT2D eigenvalue weighted by Gasteiger charge is -2.26. The van der Waals surface area contributed by atoms with Gasteiger partial charge < -0.3 is 10.5 Å². The van der Waals surface area contributed by atoms with Gasteiger partial charge in [-0.2, -0.15) is 0 Å². The summed E-state index contributed by atoms with van der Waals surface area (Å²) in [5, 5.41) is 0. The van der Waals surface area contributed by atoms with Crippen LogP contribution in [0.4, 0.5) is 0 Å². The zero-order chi connectivity index (χ0) is 13.7. The molecule has 0 aromatic carbocycles. The van der Waals surface area contributed by atoms with E-state index >= 15 is 0 Å². The van der Waals surface area contributed by atoms with Gasteiger partial charge in [0.25, 0.3) is 5.91 Å². The average molecular weight is 254 g/mol. The summed E-state index contributed by atoms with van der Waals surface area (Å²) in [6.07, 6.45) is 4.36. The number of ether oxygens (including phenoxy) is 1. The van der Waals surface area contributed by atoms with E-state index in [1.54, 1.807) is 0 Å². The lowest BCUT2D eigenvalue weighted by Crippen LogP contribution is -2.49. The Kier molecular flexibility index (Phi) is 5.34. The van der Waals surface area contributed by atoms with Crippen molar-refractivity contribution >= 4 is 11.8 Å². The Labute approximate surface area is 108 Å². The molecule has 2 atom stereocenters. The van der Waals surface area contributed by atoms with Crippen molar-refractivity contribution in [3.63, 3.8) is 0 Å². The third-order valence-electron chi connectivity index (χ3n) is 3.10. The van der Waals surface area contributed by atoms with E-state index in [0.717, 1.165) is 12.8 Å². The van der Waals surface area contributed by atoms with Crippen LogP contribution in [-0.2, 0) is 14.3 Å². The second kappa shape index (κ2) is 6.54. The first-order chi connectivity index (χ1) is 8.56. The Bertz CT molecular complexity index is 352. The largest absolute Gasteiger partial charge is 0.499 e. The standard InChI is InChI=1S/C13H22N2O3/c1-4-6-9(14)13(17)15-10(7-5-2)11(18-3)8-12(15)16/h8-10H,4-7,14H2,1-3H3/t9-,10+/m0/s1. The van der Waals surface area contributed by atoms with E-state index in [1.165, 1.54) is 18.1 Å². The fraction of sp³-hybridized carbons (Fsp3) is 0.692. The van der Waals surface area contributed by atoms with Gasteiger partial charge >= 0.3 is 0 Å². The zero-order valence-corrected chi connectivity index (χ0v) is 11.3. The number of rotatable bonds is 6. The molecule has 0 fully saturated rings. The molecule has 1 heterocycles. The van der Waals surface area contributed by atoms with E-state index in [1.807, 2.05) is 13.8 Å². The summed E-state index contributed by atoms with van der Waals surface area (Å²) in [5.74, 6) is -0.0654. The SMILES string of the molecule is CCC[C@@H]1C(OC)=CC(=O)N1C(=O)[C@@H](N)CCC. The maximum absolute atomic E-state index is 12.2. The van der Waals surface area contributed by atoms with Crippen LogP contribution in [0.2, 0.25) is 0 Å². The van der Waals surface area contributed by atoms with E-state index in [0.29, 0.717) is 18.6 Å². The third kappa shape index (κ3) is 2.90. The number of nitrogens with two attached hydrogens (primary N) is 1. The Hall–Kier alpha value is -1.36. The first-order valence-electron chi connectivity index (χ1n) is 6.44. The molecule has 0 aromatic heterocycles. The van der Waals surface area contributed by atoms with Gasteiger partial charge in [0.15, 0.2) is 0 Å². The highest BCUT2D eigenvalue weighted by atomic mass is 16.5. The number of imide groups is 1. The summed E-state index contributed by atoms with van der Waals surface area (Å²) < 4.78 is 5.17. The Morgan fingerprint density at radius 1 is 1.50 bits per heavy atom. The number of nitrogens with zero attached hydrogens (tertiary/aromatic N) is 1. The first kappa shape index (κ1) is 14.7. The summed E-state index contributed by atoms with van der Waals surface area (Å²) in [4.78, 5) is 25.3. The molecule has 102 valence electrons. The molecule has 1 aliphatic rings. The number of carbonyl (C=O) groups is 2. The highest BCUT2D eigenvalue weighted by Gasteiger charge is 2.39. The average Bonchev–Trinajstić information content (AvgIpc) is 2.65. The van der Waals surface area contributed by atoms with Crippen LogP contribution in [0.25, 0.3) is 0 Å². The van der Waals surface area contributed by atoms with Gasteiger partial charge in [-0.05, 0) is 12.8 Å². The molecule has 0 saturated heterocycles. The molecular weight excluding hydrogens is 232 g/mol. The van der Waals surface area contributed by atoms with E-state index in [-0.39, 0.29) is 17.9 Å². The van der Waals surface area contributed by atoms with Gasteiger partial charge in [-0.25, -0.2) is 0 Å². The molecule has 2 amide bonds. The summed E-state index contributed by atoms with van der Waals surface area (Å²) in [7, 11) is 1.52. The number of methoxy groups -OCH3 is 1. The maximum atomic E-state index is 12.2. The molecule has 1 aliphatic heterocycles. The van der Waals surface area contributed by atoms with Crippen molar-refractivity contribution in [2.24, 2.45) is 5.73 Å². The maximum Gasteiger partial charge on any atom is 0.257 e. The molecule has 5 heteroatoms. The number of carbonyl (C=O) groups excluding carboxylic acids is 2. The number of amides is 2. The lowest BCUT2D eigenvalue weighted by molar-refractivity contribution is -0.144. The van der Waals surface area contributed by atoms with Crippen LogP contribution in [0, 0.1) is 0 Å². The summed E-state index contributed by atoms with van der Waals surface area (Å²) in [6, 6.07) is -0.897. The van der Waals surface area contributed by atoms with E-state index in [4.69, 9.17) is 10.5 Å². The van der Waals surface area contributed by atoms with Gasteiger partial charge in [0.05, 0.1) is 19.2 Å². The molecule has 0 spiro atoms. The van der Waals surface area contributed by atoms with E-state index < -0.39 is 6.04 Å². The fourth-order valence-electron chi connectivity index (χ4n) is 2.18. The molecular formula is C13H22N2O3. The lowest BCUT2D eigenvalue weighted by atomic mass is 10.1. The van der Waals surface area contributed by atoms with Crippen LogP contribution in [0.3, 0.4) is 0 Å². The molecule has 0 radical (unpaired) electrons. The Balaban J connectivity index is 2.86. The van der Waals surface area contributed by atoms with Crippen LogP contribution in [-0.4, -0.2) is 35.9 Å². The Morgan fingerprint density at radius 3 is 2.67 bits per heavy atom. The molecule has 0 bridgehead atoms. The summed E-state index contributed by atoms with van der Waals surface area (Å²) >= 11 is 0. The molecule has 0 saturated carbocycles. The fourth-order valence-corrected chi connectivity index (χ4v) is 2.18. The predicted molar refractivity (Wildman–Crippen MR) is 68.5 cm³/mol. The molecule has 18 heavy (non-hydrogen) atoms. The molecule has 0 aliphatic carbocycles. The van der Waals surface area contributed by atoms with Crippen molar-refractivity contribution in [2.75, 3.05) is 7.11 Å². The minimum absolute atomic E-state index is 0.289. The number of hydrogen-bond acceptors (Lipinski definition) is 4. The third-order valence-corrected chi connectivity index (χ3v) is 3.10. The van der Waals surface area contributed by atoms with Crippen molar-refractivity contribution < 1.29 is 14.3 Å². The van der Waals surface area contributed by atoms with Crippen LogP contribution >= 0.6 is 0 Å². The topological polar surface area (TPSA) is 72.6 Å². The van der Waals surface area contributed by atoms with Crippen molar-refractivity contribution in [3.05, 3.63) is 11.8 Å². The zero-order valence-electron chi connectivity index (χ0n) is 11.3. The highest BCUT2D eigenvalue weighted by Crippen LogP contribution is 2.25. The van der Waals surface area contributed by atoms with Gasteiger partial charge in [-0.3, -0.25) is 14.5 Å². The molecule has 0 aromatic rings. The van der Waals surface area contributed by atoms with Gasteiger partial charge in [0, 0.05) is 6.08 Å². The minimum Gasteiger partial charge on any atom is -0.499 e. The smallest absolute Gasteiger partial charge is 0.257 e. The van der Waals surface area contributed by atoms with Gasteiger partial charge in [-0.1, -0.05) is 26.7 Å². The van der Waals surface area contributed by atoms with Crippen molar-refractivity contribution in [1.82, 2.24) is 4.90 Å². The van der Waals surface area contributed by atoms with Crippen molar-refractivity contribution in [3.8, 4) is 0 Å². The van der Waals surface area contributed by atoms with Crippen LogP contribution in [0.5, 0.6) is 0 Å². The van der Waals surface area contributed by atoms with Crippen LogP contribution in [0.15, 0.2) is 11.8 Å². The second-order valence-corrected chi connectivity index (χ2v) is 4.50. The van der Waals surface area contributed by atoms with Gasteiger partial charge in [0.2, 0.25) is 5.91 Å². The summed E-state index contributed by atoms with van der Waals surface area (Å²) in [5.41, 5.74) is 5.81. The minimum atomic E-state index is -0.608. The highest BCUT2D eigenvalue weighted by molar-refractivity contribution is 6.05.